The number of methoxy groups -OCH3 is 1. The highest BCUT2D eigenvalue weighted by molar-refractivity contribution is 6.62. The second-order valence-corrected chi connectivity index (χ2v) is 10.9. The third-order valence-corrected chi connectivity index (χ3v) is 7.70. The van der Waals surface area contributed by atoms with E-state index in [2.05, 4.69) is 4.98 Å². The monoisotopic (exact) mass is 527 g/mol. The van der Waals surface area contributed by atoms with Crippen LogP contribution in [0.15, 0.2) is 30.5 Å². The fraction of sp³-hybridized carbons (Fsp3) is 0.481. The van der Waals surface area contributed by atoms with Crippen molar-refractivity contribution in [2.75, 3.05) is 26.8 Å². The second-order valence-electron chi connectivity index (χ2n) is 10.9. The van der Waals surface area contributed by atoms with Gasteiger partial charge in [0.15, 0.2) is 0 Å². The Morgan fingerprint density at radius 2 is 1.82 bits per heavy atom. The van der Waals surface area contributed by atoms with Crippen molar-refractivity contribution in [1.82, 2.24) is 14.3 Å². The molecular weight excluding hydrogens is 495 g/mol. The molecular formula is C27H32BF2N3O5. The van der Waals surface area contributed by atoms with Crippen LogP contribution in [0, 0.1) is 18.6 Å². The lowest BCUT2D eigenvalue weighted by Crippen LogP contribution is -2.46. The Balaban J connectivity index is 1.54. The number of nitrogens with zero attached hydrogens (tertiary/aromatic N) is 3. The average molecular weight is 527 g/mol. The van der Waals surface area contributed by atoms with Crippen LogP contribution in [0.1, 0.15) is 39.0 Å². The highest BCUT2D eigenvalue weighted by Crippen LogP contribution is 2.37. The minimum absolute atomic E-state index is 0.185. The molecule has 0 spiro atoms. The van der Waals surface area contributed by atoms with Crippen LogP contribution in [0.4, 0.5) is 13.6 Å². The fourth-order valence-electron chi connectivity index (χ4n) is 4.88. The van der Waals surface area contributed by atoms with Gasteiger partial charge >= 0.3 is 13.2 Å². The highest BCUT2D eigenvalue weighted by Gasteiger charge is 2.52. The third-order valence-electron chi connectivity index (χ3n) is 7.70. The first-order valence-electron chi connectivity index (χ1n) is 12.7. The fourth-order valence-corrected chi connectivity index (χ4v) is 4.88. The number of ether oxygens (including phenoxy) is 2. The largest absolute Gasteiger partial charge is 0.495 e. The number of hydrogen-bond donors (Lipinski definition) is 0. The van der Waals surface area contributed by atoms with Gasteiger partial charge < -0.3 is 28.1 Å². The van der Waals surface area contributed by atoms with Crippen molar-refractivity contribution in [3.05, 3.63) is 53.4 Å². The van der Waals surface area contributed by atoms with Gasteiger partial charge in [-0.3, -0.25) is 0 Å². The molecule has 202 valence electrons. The molecule has 1 unspecified atom stereocenters. The topological polar surface area (TPSA) is 74.5 Å². The van der Waals surface area contributed by atoms with Gasteiger partial charge in [-0.1, -0.05) is 0 Å². The number of amides is 1. The summed E-state index contributed by atoms with van der Waals surface area (Å²) in [4.78, 5) is 18.3. The molecule has 2 aliphatic rings. The Hall–Kier alpha value is -3.02. The van der Waals surface area contributed by atoms with E-state index in [-0.39, 0.29) is 29.7 Å². The lowest BCUT2D eigenvalue weighted by molar-refractivity contribution is -0.0241. The van der Waals surface area contributed by atoms with Gasteiger partial charge in [0.25, 0.3) is 0 Å². The first kappa shape index (κ1) is 26.6. The molecule has 38 heavy (non-hydrogen) atoms. The Morgan fingerprint density at radius 3 is 2.45 bits per heavy atom. The number of benzene rings is 1. The zero-order valence-electron chi connectivity index (χ0n) is 22.5. The average Bonchev–Trinajstić information content (AvgIpc) is 3.30. The maximum atomic E-state index is 15.7. The molecule has 2 aromatic heterocycles. The van der Waals surface area contributed by atoms with E-state index in [1.165, 1.54) is 19.2 Å². The smallest absolute Gasteiger partial charge is 0.453 e. The molecule has 2 aliphatic heterocycles. The van der Waals surface area contributed by atoms with Gasteiger partial charge in [0, 0.05) is 19.2 Å². The summed E-state index contributed by atoms with van der Waals surface area (Å²) in [5.74, 6) is -1.53. The van der Waals surface area contributed by atoms with Crippen LogP contribution in [-0.2, 0) is 25.2 Å². The second kappa shape index (κ2) is 9.62. The zero-order valence-corrected chi connectivity index (χ0v) is 22.5. The number of imidazole rings is 1. The molecule has 3 aromatic rings. The summed E-state index contributed by atoms with van der Waals surface area (Å²) in [5.41, 5.74) is 1.02. The van der Waals surface area contributed by atoms with Crippen molar-refractivity contribution in [1.29, 1.82) is 0 Å². The van der Waals surface area contributed by atoms with Crippen molar-refractivity contribution in [3.8, 4) is 11.3 Å². The summed E-state index contributed by atoms with van der Waals surface area (Å²) < 4.78 is 56.0. The number of rotatable bonds is 4. The van der Waals surface area contributed by atoms with E-state index in [4.69, 9.17) is 18.8 Å². The first-order chi connectivity index (χ1) is 17.9. The van der Waals surface area contributed by atoms with Gasteiger partial charge in [-0.05, 0) is 69.9 Å². The standard InChI is InChI=1S/C27H32BF2N3O5/c1-16-7-8-33-21(14-18-15-32(9-10-36-18)25(34)35-6)24(31-22(33)11-16)23-19(29)12-17(13-20(23)30)28-37-26(2,3)27(4,5)38-28/h7-8,11-13,18H,9-10,14-15H2,1-6H3. The van der Waals surface area contributed by atoms with E-state index < -0.39 is 42.2 Å². The van der Waals surface area contributed by atoms with Crippen molar-refractivity contribution >= 4 is 24.3 Å². The van der Waals surface area contributed by atoms with Gasteiger partial charge in [0.05, 0.1) is 54.5 Å². The van der Waals surface area contributed by atoms with E-state index in [1.54, 1.807) is 4.90 Å². The van der Waals surface area contributed by atoms with Crippen LogP contribution < -0.4 is 5.46 Å². The van der Waals surface area contributed by atoms with Gasteiger partial charge in [0.1, 0.15) is 17.3 Å². The quantitative estimate of drug-likeness (QED) is 0.480. The number of aromatic nitrogens is 2. The predicted molar refractivity (Wildman–Crippen MR) is 138 cm³/mol. The molecule has 2 fully saturated rings. The molecule has 1 amide bonds. The molecule has 0 N–H and O–H groups in total. The molecule has 0 radical (unpaired) electrons. The molecule has 0 saturated carbocycles. The minimum atomic E-state index is -0.902. The Morgan fingerprint density at radius 1 is 1.16 bits per heavy atom. The van der Waals surface area contributed by atoms with E-state index in [0.717, 1.165) is 5.56 Å². The van der Waals surface area contributed by atoms with Crippen LogP contribution in [0.25, 0.3) is 16.9 Å². The number of pyridine rings is 1. The summed E-state index contributed by atoms with van der Waals surface area (Å²) in [5, 5.41) is 0. The maximum Gasteiger partial charge on any atom is 0.495 e. The predicted octanol–water partition coefficient (Wildman–Crippen LogP) is 3.90. The summed E-state index contributed by atoms with van der Waals surface area (Å²) in [6, 6.07) is 6.24. The number of carbonyl (C=O) groups excluding carboxylic acids is 1. The van der Waals surface area contributed by atoms with E-state index in [9.17, 15) is 4.79 Å². The molecule has 0 bridgehead atoms. The zero-order chi connectivity index (χ0) is 27.4. The van der Waals surface area contributed by atoms with Crippen LogP contribution in [0.5, 0.6) is 0 Å². The molecule has 5 rings (SSSR count). The van der Waals surface area contributed by atoms with Gasteiger partial charge in [0.2, 0.25) is 0 Å². The molecule has 4 heterocycles. The van der Waals surface area contributed by atoms with E-state index >= 15 is 8.78 Å². The third kappa shape index (κ3) is 4.67. The Kier molecular flexibility index (Phi) is 6.73. The molecule has 1 atom stereocenters. The highest BCUT2D eigenvalue weighted by atomic mass is 19.1. The van der Waals surface area contributed by atoms with Crippen LogP contribution >= 0.6 is 0 Å². The normalized spacial score (nSPS) is 20.8. The summed E-state index contributed by atoms with van der Waals surface area (Å²) >= 11 is 0. The lowest BCUT2D eigenvalue weighted by atomic mass is 9.78. The summed E-state index contributed by atoms with van der Waals surface area (Å²) in [7, 11) is 0.428. The van der Waals surface area contributed by atoms with E-state index in [0.29, 0.717) is 24.5 Å². The molecule has 8 nitrogen and oxygen atoms in total. The van der Waals surface area contributed by atoms with Crippen molar-refractivity contribution < 1.29 is 32.4 Å². The number of halogens is 2. The first-order valence-corrected chi connectivity index (χ1v) is 12.7. The number of morpholine rings is 1. The van der Waals surface area contributed by atoms with Crippen molar-refractivity contribution in [3.63, 3.8) is 0 Å². The summed E-state index contributed by atoms with van der Waals surface area (Å²) in [6.45, 7) is 10.5. The van der Waals surface area contributed by atoms with Crippen LogP contribution in [0.2, 0.25) is 0 Å². The minimum Gasteiger partial charge on any atom is -0.453 e. The number of fused-ring (bicyclic) bond motifs is 1. The SMILES string of the molecule is COC(=O)N1CCOC(Cc2c(-c3c(F)cc(B4OC(C)(C)C(C)(C)O4)cc3F)nc3cc(C)ccn23)C1. The molecule has 1 aromatic carbocycles. The van der Waals surface area contributed by atoms with Crippen molar-refractivity contribution in [2.45, 2.75) is 58.3 Å². The molecule has 11 heteroatoms. The van der Waals surface area contributed by atoms with Crippen LogP contribution in [-0.4, -0.2) is 71.6 Å². The van der Waals surface area contributed by atoms with E-state index in [1.807, 2.05) is 57.3 Å². The molecule has 2 saturated heterocycles. The van der Waals surface area contributed by atoms with Gasteiger partial charge in [-0.2, -0.15) is 0 Å². The number of carbonyl (C=O) groups is 1. The lowest BCUT2D eigenvalue weighted by Gasteiger charge is -2.32. The van der Waals surface area contributed by atoms with Gasteiger partial charge in [-0.15, -0.1) is 0 Å². The maximum absolute atomic E-state index is 15.7. The Bertz CT molecular complexity index is 1350. The number of aryl methyl sites for hydroxylation is 1. The van der Waals surface area contributed by atoms with Crippen LogP contribution in [0.3, 0.4) is 0 Å². The van der Waals surface area contributed by atoms with Crippen molar-refractivity contribution in [2.24, 2.45) is 0 Å². The summed E-state index contributed by atoms with van der Waals surface area (Å²) in [6.07, 6.45) is 1.26. The molecule has 0 aliphatic carbocycles. The Labute approximate surface area is 221 Å². The number of hydrogen-bond acceptors (Lipinski definition) is 6. The van der Waals surface area contributed by atoms with Gasteiger partial charge in [-0.25, -0.2) is 18.6 Å².